The van der Waals surface area contributed by atoms with Gasteiger partial charge in [0.05, 0.1) is 11.0 Å². The summed E-state index contributed by atoms with van der Waals surface area (Å²) in [4.78, 5) is 16.4. The number of nitrogens with zero attached hydrogens (tertiary/aromatic N) is 4. The fourth-order valence-corrected chi connectivity index (χ4v) is 11.6. The largest absolute Gasteiger partial charge is 0.456 e. The highest BCUT2D eigenvalue weighted by atomic mass is 16.3. The number of benzene rings is 8. The minimum atomic E-state index is 0.617. The van der Waals surface area contributed by atoms with Crippen LogP contribution in [0.25, 0.3) is 106 Å². The van der Waals surface area contributed by atoms with Crippen LogP contribution in [-0.2, 0) is 0 Å². The average Bonchev–Trinajstić information content (AvgIpc) is 3.91. The van der Waals surface area contributed by atoms with Gasteiger partial charge in [-0.3, -0.25) is 0 Å². The number of hydrogen-bond acceptors (Lipinski definition) is 4. The monoisotopic (exact) mass is 884 g/mol. The fourth-order valence-electron chi connectivity index (χ4n) is 11.6. The van der Waals surface area contributed by atoms with Crippen molar-refractivity contribution in [3.05, 3.63) is 109 Å². The van der Waals surface area contributed by atoms with Crippen LogP contribution in [0, 0.1) is 0 Å². The lowest BCUT2D eigenvalue weighted by molar-refractivity contribution is 0.669. The van der Waals surface area contributed by atoms with Crippen LogP contribution in [0.3, 0.4) is 0 Å². The van der Waals surface area contributed by atoms with Gasteiger partial charge in [-0.2, -0.15) is 0 Å². The molecular weight excluding hydrogens is 836 g/mol. The molecule has 318 valence electrons. The maximum Gasteiger partial charge on any atom is 0.164 e. The Balaban J connectivity index is 1.10. The van der Waals surface area contributed by atoms with Gasteiger partial charge in [0.1, 0.15) is 121 Å². The molecule has 70 heavy (non-hydrogen) atoms. The van der Waals surface area contributed by atoms with Crippen LogP contribution in [0.15, 0.2) is 114 Å². The molecule has 0 radical (unpaired) electrons. The second-order valence-corrected chi connectivity index (χ2v) is 20.0. The average molecular weight is 882 g/mol. The van der Waals surface area contributed by atoms with Crippen molar-refractivity contribution < 1.29 is 4.42 Å². The van der Waals surface area contributed by atoms with Gasteiger partial charge in [-0.1, -0.05) is 98.9 Å². The molecular formula is C51H46B14N4O. The molecule has 0 saturated carbocycles. The van der Waals surface area contributed by atoms with Gasteiger partial charge < -0.3 is 8.98 Å². The zero-order valence-corrected chi connectivity index (χ0v) is 43.1. The summed E-state index contributed by atoms with van der Waals surface area (Å²) >= 11 is 0. The molecule has 0 amide bonds. The number of rotatable bonds is 6. The maximum atomic E-state index is 6.74. The molecule has 0 atom stereocenters. The molecule has 0 fully saturated rings. The standard InChI is InChI=1S/C51H46B14N4O/c52-35-31(32-37(54)43(60)47(64)44(61)38(32)55)36(53)42(59)39(56)33(35)50-66-49(67-51(68-50)34-40(57)45(62)48(65)46(63)41(34)58)21-10-13-24-26-18-22(12-15-29(26)70-30(24)17-21)69-27-9-5-4-8-23(27)25-16-20(11-14-28(25)69)19-6-2-1-3-7-19/h1-18H,52-65H2. The summed E-state index contributed by atoms with van der Waals surface area (Å²) in [5.74, 6) is 1.98. The van der Waals surface area contributed by atoms with Gasteiger partial charge in [0.2, 0.25) is 0 Å². The van der Waals surface area contributed by atoms with Gasteiger partial charge in [-0.25, -0.2) is 15.0 Å². The number of para-hydroxylation sites is 1. The van der Waals surface area contributed by atoms with E-state index < -0.39 is 0 Å². The molecule has 0 unspecified atom stereocenters. The smallest absolute Gasteiger partial charge is 0.164 e. The van der Waals surface area contributed by atoms with Crippen molar-refractivity contribution in [2.75, 3.05) is 0 Å². The number of aromatic nitrogens is 4. The molecule has 11 aromatic rings. The topological polar surface area (TPSA) is 56.7 Å². The van der Waals surface area contributed by atoms with Crippen molar-refractivity contribution in [3.8, 4) is 62.1 Å². The lowest BCUT2D eigenvalue weighted by Gasteiger charge is -2.27. The molecule has 0 aliphatic heterocycles. The molecule has 0 bridgehead atoms. The predicted molar refractivity (Wildman–Crippen MR) is 343 cm³/mol. The summed E-state index contributed by atoms with van der Waals surface area (Å²) in [6.45, 7) is 0. The summed E-state index contributed by atoms with van der Waals surface area (Å²) in [7, 11) is 31.4. The van der Waals surface area contributed by atoms with Crippen LogP contribution < -0.4 is 76.5 Å². The highest BCUT2D eigenvalue weighted by Crippen LogP contribution is 2.38. The molecule has 3 aromatic heterocycles. The summed E-state index contributed by atoms with van der Waals surface area (Å²) in [5.41, 5.74) is 30.9. The molecule has 0 saturated heterocycles. The quantitative estimate of drug-likeness (QED) is 0.156. The van der Waals surface area contributed by atoms with E-state index in [1.807, 2.05) is 0 Å². The first kappa shape index (κ1) is 45.7. The molecule has 8 aromatic carbocycles. The van der Waals surface area contributed by atoms with Crippen molar-refractivity contribution in [1.82, 2.24) is 19.5 Å². The van der Waals surface area contributed by atoms with Crippen LogP contribution in [0.1, 0.15) is 0 Å². The first-order valence-electron chi connectivity index (χ1n) is 24.6. The Morgan fingerprint density at radius 1 is 0.300 bits per heavy atom. The second kappa shape index (κ2) is 17.0. The lowest BCUT2D eigenvalue weighted by atomic mass is 9.56. The number of hydrogen-bond donors (Lipinski definition) is 0. The van der Waals surface area contributed by atoms with E-state index in [9.17, 15) is 0 Å². The summed E-state index contributed by atoms with van der Waals surface area (Å²) in [5, 5.41) is 4.55. The fraction of sp³-hybridized carbons (Fsp3) is 0. The van der Waals surface area contributed by atoms with E-state index in [0.29, 0.717) is 17.5 Å². The van der Waals surface area contributed by atoms with Gasteiger partial charge in [0, 0.05) is 43.9 Å². The van der Waals surface area contributed by atoms with Gasteiger partial charge in [-0.15, -0.1) is 38.2 Å². The first-order chi connectivity index (χ1) is 33.5. The Hall–Kier alpha value is -6.72. The van der Waals surface area contributed by atoms with E-state index in [1.165, 1.54) is 115 Å². The van der Waals surface area contributed by atoms with Crippen molar-refractivity contribution in [3.63, 3.8) is 0 Å². The second-order valence-electron chi connectivity index (χ2n) is 20.0. The van der Waals surface area contributed by atoms with Gasteiger partial charge >= 0.3 is 0 Å². The third-order valence-electron chi connectivity index (χ3n) is 16.7. The lowest BCUT2D eigenvalue weighted by Crippen LogP contribution is -2.57. The Labute approximate surface area is 422 Å². The number of furan rings is 1. The Morgan fingerprint density at radius 2 is 0.786 bits per heavy atom. The molecule has 0 spiro atoms. The molecule has 0 N–H and O–H groups in total. The van der Waals surface area contributed by atoms with E-state index in [2.05, 4.69) is 224 Å². The highest BCUT2D eigenvalue weighted by Gasteiger charge is 2.25. The van der Waals surface area contributed by atoms with Crippen molar-refractivity contribution in [2.24, 2.45) is 0 Å². The van der Waals surface area contributed by atoms with Gasteiger partial charge in [0.25, 0.3) is 0 Å². The van der Waals surface area contributed by atoms with Crippen molar-refractivity contribution >= 4 is 230 Å². The Bertz CT molecular complexity index is 4020. The minimum Gasteiger partial charge on any atom is -0.456 e. The maximum absolute atomic E-state index is 6.74. The van der Waals surface area contributed by atoms with E-state index >= 15 is 0 Å². The van der Waals surface area contributed by atoms with Crippen LogP contribution in [0.2, 0.25) is 0 Å². The van der Waals surface area contributed by atoms with E-state index in [0.717, 1.165) is 49.8 Å². The minimum absolute atomic E-state index is 0.617. The van der Waals surface area contributed by atoms with Crippen LogP contribution in [0.5, 0.6) is 0 Å². The van der Waals surface area contributed by atoms with Gasteiger partial charge in [-0.05, 0) is 70.8 Å². The molecule has 0 aliphatic rings. The molecule has 11 rings (SSSR count). The van der Waals surface area contributed by atoms with Gasteiger partial charge in [0.15, 0.2) is 17.5 Å². The Morgan fingerprint density at radius 3 is 1.41 bits per heavy atom. The zero-order valence-electron chi connectivity index (χ0n) is 43.1. The normalized spacial score (nSPS) is 11.7. The summed E-state index contributed by atoms with van der Waals surface area (Å²) in [6, 6.07) is 39.1. The summed E-state index contributed by atoms with van der Waals surface area (Å²) < 4.78 is 9.12. The van der Waals surface area contributed by atoms with E-state index in [-0.39, 0.29) is 0 Å². The van der Waals surface area contributed by atoms with E-state index in [1.54, 1.807) is 0 Å². The van der Waals surface area contributed by atoms with E-state index in [4.69, 9.17) is 19.4 Å². The molecule has 5 nitrogen and oxygen atoms in total. The van der Waals surface area contributed by atoms with Crippen LogP contribution >= 0.6 is 0 Å². The predicted octanol–water partition coefficient (Wildman–Crippen LogP) is -11.2. The van der Waals surface area contributed by atoms with Crippen LogP contribution in [0.4, 0.5) is 0 Å². The van der Waals surface area contributed by atoms with Crippen LogP contribution in [-0.4, -0.2) is 129 Å². The van der Waals surface area contributed by atoms with Crippen molar-refractivity contribution in [2.45, 2.75) is 0 Å². The summed E-state index contributed by atoms with van der Waals surface area (Å²) in [6.07, 6.45) is 0. The third kappa shape index (κ3) is 6.93. The Kier molecular flexibility index (Phi) is 11.1. The first-order valence-corrected chi connectivity index (χ1v) is 24.6. The number of fused-ring (bicyclic) bond motifs is 6. The van der Waals surface area contributed by atoms with Crippen molar-refractivity contribution in [1.29, 1.82) is 0 Å². The third-order valence-corrected chi connectivity index (χ3v) is 16.7. The molecule has 3 heterocycles. The highest BCUT2D eigenvalue weighted by molar-refractivity contribution is 6.71. The molecule has 19 heteroatoms. The zero-order chi connectivity index (χ0) is 49.2. The SMILES string of the molecule is Bc1c(B)c(B)c(-c2nc(-c3ccc4c(c3)oc3ccc(-n5c6ccccc6c6cc(-c7ccccc7)ccc65)cc34)nc(-c3c(B)c(B)c(B)c(-c4c(B)c(B)c(B)c(B)c4B)c3B)n2)c(B)c1B. The molecule has 0 aliphatic carbocycles.